The highest BCUT2D eigenvalue weighted by Crippen LogP contribution is 2.38. The zero-order chi connectivity index (χ0) is 24.2. The van der Waals surface area contributed by atoms with E-state index < -0.39 is 12.1 Å². The summed E-state index contributed by atoms with van der Waals surface area (Å²) in [4.78, 5) is 26.0. The molecular formula is C28H32N4O4. The van der Waals surface area contributed by atoms with Crippen molar-refractivity contribution in [1.29, 1.82) is 0 Å². The molecule has 0 radical (unpaired) electrons. The van der Waals surface area contributed by atoms with Gasteiger partial charge in [0.25, 0.3) is 0 Å². The van der Waals surface area contributed by atoms with Crippen molar-refractivity contribution in [1.82, 2.24) is 10.6 Å². The second kappa shape index (κ2) is 8.78. The summed E-state index contributed by atoms with van der Waals surface area (Å²) < 4.78 is 10.7. The van der Waals surface area contributed by atoms with Gasteiger partial charge in [0.15, 0.2) is 0 Å². The highest BCUT2D eigenvalue weighted by Gasteiger charge is 2.39. The van der Waals surface area contributed by atoms with Crippen molar-refractivity contribution >= 4 is 23.2 Å². The molecule has 6 atom stereocenters. The number of hydrogen-bond donors (Lipinski definition) is 4. The number of hydrogen-bond acceptors (Lipinski definition) is 6. The number of anilines is 2. The minimum atomic E-state index is -0.507. The molecule has 188 valence electrons. The van der Waals surface area contributed by atoms with Gasteiger partial charge in [0.2, 0.25) is 11.8 Å². The highest BCUT2D eigenvalue weighted by atomic mass is 16.6. The van der Waals surface area contributed by atoms with Crippen LogP contribution in [0.4, 0.5) is 11.4 Å². The number of nitrogens with one attached hydrogen (secondary N) is 4. The van der Waals surface area contributed by atoms with Crippen LogP contribution in [0.3, 0.4) is 0 Å². The molecule has 5 aliphatic rings. The summed E-state index contributed by atoms with van der Waals surface area (Å²) >= 11 is 0. The van der Waals surface area contributed by atoms with E-state index in [1.807, 2.05) is 0 Å². The highest BCUT2D eigenvalue weighted by molar-refractivity contribution is 5.97. The van der Waals surface area contributed by atoms with Gasteiger partial charge in [-0.3, -0.25) is 9.59 Å². The zero-order valence-electron chi connectivity index (χ0n) is 20.2. The molecule has 2 aromatic rings. The monoisotopic (exact) mass is 488 g/mol. The molecule has 0 spiro atoms. The number of rotatable bonds is 8. The second-order valence-corrected chi connectivity index (χ2v) is 10.9. The van der Waals surface area contributed by atoms with Gasteiger partial charge < -0.3 is 30.7 Å². The van der Waals surface area contributed by atoms with Crippen LogP contribution in [0.5, 0.6) is 0 Å². The maximum absolute atomic E-state index is 13.0. The van der Waals surface area contributed by atoms with Crippen molar-refractivity contribution in [2.24, 2.45) is 0 Å². The molecule has 0 aromatic heterocycles. The van der Waals surface area contributed by atoms with Crippen LogP contribution in [0, 0.1) is 0 Å². The van der Waals surface area contributed by atoms with Crippen LogP contribution in [0.15, 0.2) is 36.4 Å². The Kier molecular flexibility index (Phi) is 5.40. The van der Waals surface area contributed by atoms with Crippen LogP contribution in [0.25, 0.3) is 0 Å². The smallest absolute Gasteiger partial charge is 0.243 e. The lowest BCUT2D eigenvalue weighted by Crippen LogP contribution is -2.62. The predicted octanol–water partition coefficient (Wildman–Crippen LogP) is 2.05. The summed E-state index contributed by atoms with van der Waals surface area (Å²) in [5.41, 5.74) is 7.26. The molecule has 0 aliphatic carbocycles. The maximum atomic E-state index is 13.0. The fourth-order valence-corrected chi connectivity index (χ4v) is 6.06. The summed E-state index contributed by atoms with van der Waals surface area (Å²) in [5, 5.41) is 13.0. The number of amides is 2. The van der Waals surface area contributed by atoms with Gasteiger partial charge in [0.1, 0.15) is 12.1 Å². The third-order valence-corrected chi connectivity index (χ3v) is 8.23. The Hall–Kier alpha value is -3.10. The maximum Gasteiger partial charge on any atom is 0.243 e. The van der Waals surface area contributed by atoms with Crippen LogP contribution in [0.2, 0.25) is 0 Å². The third-order valence-electron chi connectivity index (χ3n) is 8.23. The Morgan fingerprint density at radius 3 is 1.56 bits per heavy atom. The van der Waals surface area contributed by atoms with Crippen LogP contribution < -0.4 is 21.3 Å². The largest absolute Gasteiger partial charge is 0.384 e. The molecule has 5 aliphatic heterocycles. The standard InChI is InChI=1S/C28H32N4O4/c33-27-25(9-17-11-29-23-7-15(1-3-21(17)23)5-19-13-35-19)31-28(34)26(32-27)10-18-12-30-24-8-16(2-4-22(18)24)6-20-14-36-20/h1-4,7-8,17-20,25-26,29-30H,5-6,9-14H2,(H,31,34)(H,32,33). The Bertz CT molecular complexity index is 1110. The van der Waals surface area contributed by atoms with E-state index in [1.165, 1.54) is 22.3 Å². The van der Waals surface area contributed by atoms with Crippen molar-refractivity contribution in [3.8, 4) is 0 Å². The van der Waals surface area contributed by atoms with Crippen LogP contribution in [0.1, 0.15) is 46.9 Å². The van der Waals surface area contributed by atoms with Gasteiger partial charge in [-0.05, 0) is 47.2 Å². The number of piperazine rings is 1. The van der Waals surface area contributed by atoms with Gasteiger partial charge in [-0.15, -0.1) is 0 Å². The molecule has 3 saturated heterocycles. The molecule has 3 fully saturated rings. The number of epoxide rings is 2. The van der Waals surface area contributed by atoms with E-state index >= 15 is 0 Å². The molecular weight excluding hydrogens is 456 g/mol. The second-order valence-electron chi connectivity index (χ2n) is 10.9. The minimum Gasteiger partial charge on any atom is -0.384 e. The molecule has 0 saturated carbocycles. The van der Waals surface area contributed by atoms with Crippen LogP contribution >= 0.6 is 0 Å². The summed E-state index contributed by atoms with van der Waals surface area (Å²) in [5.74, 6) is 0.225. The Morgan fingerprint density at radius 1 is 0.694 bits per heavy atom. The van der Waals surface area contributed by atoms with E-state index in [0.717, 1.165) is 50.5 Å². The molecule has 5 heterocycles. The quantitative estimate of drug-likeness (QED) is 0.424. The molecule has 7 rings (SSSR count). The molecule has 36 heavy (non-hydrogen) atoms. The predicted molar refractivity (Wildman–Crippen MR) is 135 cm³/mol. The van der Waals surface area contributed by atoms with Gasteiger partial charge in [-0.2, -0.15) is 0 Å². The van der Waals surface area contributed by atoms with E-state index in [0.29, 0.717) is 25.0 Å². The van der Waals surface area contributed by atoms with Crippen molar-refractivity contribution in [2.75, 3.05) is 36.9 Å². The molecule has 4 N–H and O–H groups in total. The summed E-state index contributed by atoms with van der Waals surface area (Å²) in [6, 6.07) is 12.0. The van der Waals surface area contributed by atoms with Crippen LogP contribution in [-0.2, 0) is 31.9 Å². The van der Waals surface area contributed by atoms with E-state index in [9.17, 15) is 9.59 Å². The first-order valence-electron chi connectivity index (χ1n) is 13.2. The van der Waals surface area contributed by atoms with Crippen molar-refractivity contribution in [3.05, 3.63) is 58.7 Å². The molecule has 8 nitrogen and oxygen atoms in total. The number of carbonyl (C=O) groups excluding carboxylic acids is 2. The fourth-order valence-electron chi connectivity index (χ4n) is 6.06. The fraction of sp³-hybridized carbons (Fsp3) is 0.500. The van der Waals surface area contributed by atoms with Gasteiger partial charge >= 0.3 is 0 Å². The van der Waals surface area contributed by atoms with E-state index in [1.54, 1.807) is 0 Å². The normalized spacial score (nSPS) is 31.6. The van der Waals surface area contributed by atoms with Crippen molar-refractivity contribution in [2.45, 2.75) is 61.8 Å². The first-order valence-corrected chi connectivity index (χ1v) is 13.2. The van der Waals surface area contributed by atoms with Gasteiger partial charge in [0.05, 0.1) is 25.4 Å². The zero-order valence-corrected chi connectivity index (χ0v) is 20.2. The molecule has 2 amide bonds. The Labute approximate surface area is 210 Å². The number of fused-ring (bicyclic) bond motifs is 2. The van der Waals surface area contributed by atoms with Crippen molar-refractivity contribution < 1.29 is 19.1 Å². The third kappa shape index (κ3) is 4.44. The first-order chi connectivity index (χ1) is 17.6. The minimum absolute atomic E-state index is 0.0819. The topological polar surface area (TPSA) is 107 Å². The molecule has 6 unspecified atom stereocenters. The number of ether oxygens (including phenoxy) is 2. The number of benzene rings is 2. The summed E-state index contributed by atoms with van der Waals surface area (Å²) in [7, 11) is 0. The number of carbonyl (C=O) groups is 2. The average Bonchev–Trinajstić information content (AvgIpc) is 3.79. The SMILES string of the molecule is O=C1NC(CC2CNc3cc(CC4CO4)ccc32)C(=O)NC1CC1CNc2cc(CC3CO3)ccc21. The molecule has 0 bridgehead atoms. The Morgan fingerprint density at radius 2 is 1.14 bits per heavy atom. The van der Waals surface area contributed by atoms with E-state index in [2.05, 4.69) is 57.7 Å². The van der Waals surface area contributed by atoms with E-state index in [-0.39, 0.29) is 23.7 Å². The van der Waals surface area contributed by atoms with Crippen LogP contribution in [-0.4, -0.2) is 62.4 Å². The molecule has 2 aromatic carbocycles. The summed E-state index contributed by atoms with van der Waals surface area (Å²) in [6.45, 7) is 3.26. The lowest BCUT2D eigenvalue weighted by Gasteiger charge is -2.32. The van der Waals surface area contributed by atoms with Crippen molar-refractivity contribution in [3.63, 3.8) is 0 Å². The van der Waals surface area contributed by atoms with E-state index in [4.69, 9.17) is 9.47 Å². The lowest BCUT2D eigenvalue weighted by molar-refractivity contribution is -0.137. The molecule has 8 heteroatoms. The van der Waals surface area contributed by atoms with Gasteiger partial charge in [-0.25, -0.2) is 0 Å². The lowest BCUT2D eigenvalue weighted by atomic mass is 9.89. The van der Waals surface area contributed by atoms with Gasteiger partial charge in [-0.1, -0.05) is 24.3 Å². The average molecular weight is 489 g/mol. The first kappa shape index (κ1) is 22.1. The summed E-state index contributed by atoms with van der Waals surface area (Å²) in [6.07, 6.45) is 3.80. The van der Waals surface area contributed by atoms with Gasteiger partial charge in [0, 0.05) is 49.1 Å². The Balaban J connectivity index is 0.968.